The molecule has 8 heteroatoms. The molecule has 0 bridgehead atoms. The number of carbonyl (C=O) groups excluding carboxylic acids is 2. The second-order valence-electron chi connectivity index (χ2n) is 8.88. The first-order valence-electron chi connectivity index (χ1n) is 11.9. The van der Waals surface area contributed by atoms with Crippen LogP contribution in [0.25, 0.3) is 0 Å². The van der Waals surface area contributed by atoms with Crippen molar-refractivity contribution in [1.82, 2.24) is 15.5 Å². The summed E-state index contributed by atoms with van der Waals surface area (Å²) in [5.74, 6) is -0.0944. The maximum Gasteiger partial charge on any atom is 0.265 e. The summed E-state index contributed by atoms with van der Waals surface area (Å²) in [6.07, 6.45) is -0.0335. The van der Waals surface area contributed by atoms with Gasteiger partial charge in [-0.1, -0.05) is 54.6 Å². The average Bonchev–Trinajstić information content (AvgIpc) is 3.39. The first kappa shape index (κ1) is 23.5. The highest BCUT2D eigenvalue weighted by atomic mass is 32.1. The Hall–Kier alpha value is -3.20. The first-order chi connectivity index (χ1) is 17.0. The van der Waals surface area contributed by atoms with Crippen molar-refractivity contribution >= 4 is 23.2 Å². The molecule has 1 aromatic heterocycles. The van der Waals surface area contributed by atoms with Crippen molar-refractivity contribution in [1.29, 1.82) is 0 Å². The number of benzene rings is 2. The van der Waals surface area contributed by atoms with Gasteiger partial charge in [0.1, 0.15) is 4.88 Å². The Morgan fingerprint density at radius 1 is 1.20 bits per heavy atom. The summed E-state index contributed by atoms with van der Waals surface area (Å²) < 4.78 is 5.80. The van der Waals surface area contributed by atoms with Gasteiger partial charge in [0.2, 0.25) is 0 Å². The highest BCUT2D eigenvalue weighted by Gasteiger charge is 2.37. The van der Waals surface area contributed by atoms with Crippen LogP contribution in [0.5, 0.6) is 5.75 Å². The molecule has 0 radical (unpaired) electrons. The van der Waals surface area contributed by atoms with Crippen molar-refractivity contribution in [3.05, 3.63) is 86.6 Å². The summed E-state index contributed by atoms with van der Waals surface area (Å²) in [6.45, 7) is 3.96. The normalized spacial score (nSPS) is 17.6. The van der Waals surface area contributed by atoms with Crippen molar-refractivity contribution in [2.45, 2.75) is 45.1 Å². The fourth-order valence-corrected chi connectivity index (χ4v) is 5.89. The number of aliphatic hydroxyl groups excluding tert-OH is 1. The highest BCUT2D eigenvalue weighted by molar-refractivity contribution is 7.15. The first-order valence-corrected chi connectivity index (χ1v) is 12.7. The van der Waals surface area contributed by atoms with Gasteiger partial charge < -0.3 is 25.4 Å². The highest BCUT2D eigenvalue weighted by Crippen LogP contribution is 2.41. The maximum atomic E-state index is 13.2. The van der Waals surface area contributed by atoms with Crippen molar-refractivity contribution in [3.8, 4) is 5.75 Å². The number of ether oxygens (including phenoxy) is 1. The van der Waals surface area contributed by atoms with Crippen molar-refractivity contribution in [2.24, 2.45) is 0 Å². The summed E-state index contributed by atoms with van der Waals surface area (Å²) in [5.41, 5.74) is 4.00. The lowest BCUT2D eigenvalue weighted by atomic mass is 9.93. The van der Waals surface area contributed by atoms with Crippen LogP contribution in [0.1, 0.15) is 48.5 Å². The topological polar surface area (TPSA) is 90.9 Å². The minimum absolute atomic E-state index is 0.112. The van der Waals surface area contributed by atoms with Gasteiger partial charge in [-0.2, -0.15) is 0 Å². The number of hydrogen-bond acceptors (Lipinski definition) is 6. The van der Waals surface area contributed by atoms with E-state index in [2.05, 4.69) is 22.8 Å². The number of aliphatic hydroxyl groups is 1. The van der Waals surface area contributed by atoms with Crippen LogP contribution in [-0.2, 0) is 26.1 Å². The molecule has 0 saturated heterocycles. The summed E-state index contributed by atoms with van der Waals surface area (Å²) in [7, 11) is 0. The van der Waals surface area contributed by atoms with Crippen molar-refractivity contribution in [2.75, 3.05) is 13.2 Å². The van der Waals surface area contributed by atoms with E-state index < -0.39 is 6.10 Å². The minimum Gasteiger partial charge on any atom is -0.491 e. The van der Waals surface area contributed by atoms with E-state index in [1.165, 1.54) is 22.5 Å². The number of nitrogens with zero attached hydrogens (tertiary/aromatic N) is 1. The molecule has 0 spiro atoms. The number of amides is 2. The van der Waals surface area contributed by atoms with E-state index in [-0.39, 0.29) is 24.4 Å². The fraction of sp³-hybridized carbons (Fsp3) is 0.333. The molecule has 5 rings (SSSR count). The van der Waals surface area contributed by atoms with Crippen LogP contribution < -0.4 is 15.4 Å². The third kappa shape index (κ3) is 4.82. The Kier molecular flexibility index (Phi) is 6.86. The number of fused-ring (bicyclic) bond motifs is 2. The quantitative estimate of drug-likeness (QED) is 0.451. The second kappa shape index (κ2) is 10.2. The SMILES string of the molecule is CCOc1c(C(=O)NCC(O)C2Cc3ccccc3CN2)sc2c1C(=O)N(Cc1ccccc1)C2. The largest absolute Gasteiger partial charge is 0.491 e. The number of thiophene rings is 1. The molecule has 2 unspecified atom stereocenters. The van der Waals surface area contributed by atoms with Gasteiger partial charge in [0.05, 0.1) is 24.8 Å². The molecule has 3 N–H and O–H groups in total. The molecular formula is C27H29N3O4S. The van der Waals surface area contributed by atoms with Crippen LogP contribution >= 0.6 is 11.3 Å². The summed E-state index contributed by atoms with van der Waals surface area (Å²) in [4.78, 5) is 29.3. The number of carbonyl (C=O) groups is 2. The molecule has 0 aliphatic carbocycles. The zero-order valence-corrected chi connectivity index (χ0v) is 20.4. The van der Waals surface area contributed by atoms with Crippen LogP contribution in [0.4, 0.5) is 0 Å². The van der Waals surface area contributed by atoms with Gasteiger partial charge in [-0.15, -0.1) is 11.3 Å². The molecular weight excluding hydrogens is 462 g/mol. The van der Waals surface area contributed by atoms with Crippen molar-refractivity contribution < 1.29 is 19.4 Å². The van der Waals surface area contributed by atoms with Gasteiger partial charge in [-0.05, 0) is 30.0 Å². The van der Waals surface area contributed by atoms with E-state index in [0.717, 1.165) is 10.4 Å². The van der Waals surface area contributed by atoms with E-state index in [0.29, 0.717) is 48.9 Å². The lowest BCUT2D eigenvalue weighted by Crippen LogP contribution is -2.49. The van der Waals surface area contributed by atoms with Gasteiger partial charge in [0.25, 0.3) is 11.8 Å². The zero-order valence-electron chi connectivity index (χ0n) is 19.6. The molecule has 3 heterocycles. The Morgan fingerprint density at radius 3 is 2.71 bits per heavy atom. The van der Waals surface area contributed by atoms with E-state index in [1.807, 2.05) is 49.4 Å². The Bertz CT molecular complexity index is 1230. The predicted octanol–water partition coefficient (Wildman–Crippen LogP) is 3.11. The van der Waals surface area contributed by atoms with Gasteiger partial charge in [-0.3, -0.25) is 9.59 Å². The molecule has 2 atom stereocenters. The fourth-order valence-electron chi connectivity index (χ4n) is 4.73. The molecule has 182 valence electrons. The molecule has 0 fully saturated rings. The van der Waals surface area contributed by atoms with Crippen LogP contribution in [0.3, 0.4) is 0 Å². The Balaban J connectivity index is 1.25. The number of hydrogen-bond donors (Lipinski definition) is 3. The number of nitrogens with one attached hydrogen (secondary N) is 2. The molecule has 2 aliphatic heterocycles. The summed E-state index contributed by atoms with van der Waals surface area (Å²) >= 11 is 1.30. The van der Waals surface area contributed by atoms with Crippen LogP contribution in [0.2, 0.25) is 0 Å². The standard InChI is InChI=1S/C27H29N3O4S/c1-2-34-24-23-22(16-30(27(23)33)15-17-8-4-3-5-9-17)35-25(24)26(32)29-14-21(31)20-12-18-10-6-7-11-19(18)13-28-20/h3-11,20-21,28,31H,2,12-16H2,1H3,(H,29,32). The molecule has 3 aromatic rings. The van der Waals surface area contributed by atoms with Gasteiger partial charge >= 0.3 is 0 Å². The average molecular weight is 492 g/mol. The van der Waals surface area contributed by atoms with E-state index in [9.17, 15) is 14.7 Å². The molecule has 35 heavy (non-hydrogen) atoms. The molecule has 2 amide bonds. The van der Waals surface area contributed by atoms with E-state index in [1.54, 1.807) is 4.90 Å². The second-order valence-corrected chi connectivity index (χ2v) is 9.98. The molecule has 0 saturated carbocycles. The molecule has 2 aromatic carbocycles. The molecule has 2 aliphatic rings. The van der Waals surface area contributed by atoms with Crippen molar-refractivity contribution in [3.63, 3.8) is 0 Å². The Morgan fingerprint density at radius 2 is 1.94 bits per heavy atom. The molecule has 7 nitrogen and oxygen atoms in total. The smallest absolute Gasteiger partial charge is 0.265 e. The van der Waals surface area contributed by atoms with Gasteiger partial charge in [0.15, 0.2) is 5.75 Å². The van der Waals surface area contributed by atoms with E-state index in [4.69, 9.17) is 4.74 Å². The van der Waals surface area contributed by atoms with Gasteiger partial charge in [0, 0.05) is 30.6 Å². The number of rotatable bonds is 8. The monoisotopic (exact) mass is 491 g/mol. The van der Waals surface area contributed by atoms with Gasteiger partial charge in [-0.25, -0.2) is 0 Å². The predicted molar refractivity (Wildman–Crippen MR) is 135 cm³/mol. The minimum atomic E-state index is -0.738. The Labute approximate surface area is 208 Å². The lowest BCUT2D eigenvalue weighted by Gasteiger charge is -2.30. The third-order valence-electron chi connectivity index (χ3n) is 6.53. The summed E-state index contributed by atoms with van der Waals surface area (Å²) in [6, 6.07) is 17.9. The lowest BCUT2D eigenvalue weighted by molar-refractivity contribution is 0.0763. The van der Waals surface area contributed by atoms with Crippen LogP contribution in [-0.4, -0.2) is 47.1 Å². The van der Waals surface area contributed by atoms with E-state index >= 15 is 0 Å². The third-order valence-corrected chi connectivity index (χ3v) is 7.69. The maximum absolute atomic E-state index is 13.2. The van der Waals surface area contributed by atoms with Crippen LogP contribution in [0, 0.1) is 0 Å². The summed E-state index contributed by atoms with van der Waals surface area (Å²) in [5, 5.41) is 16.9. The van der Waals surface area contributed by atoms with Crippen LogP contribution in [0.15, 0.2) is 54.6 Å². The zero-order chi connectivity index (χ0) is 24.4.